The van der Waals surface area contributed by atoms with E-state index in [2.05, 4.69) is 13.8 Å². The first kappa shape index (κ1) is 16.7. The maximum absolute atomic E-state index is 6.23. The summed E-state index contributed by atoms with van der Waals surface area (Å²) in [7, 11) is 1.59. The van der Waals surface area contributed by atoms with Crippen molar-refractivity contribution in [3.63, 3.8) is 0 Å². The van der Waals surface area contributed by atoms with Gasteiger partial charge in [0.1, 0.15) is 11.7 Å². The summed E-state index contributed by atoms with van der Waals surface area (Å²) in [4.78, 5) is 0. The highest BCUT2D eigenvalue weighted by molar-refractivity contribution is 6.31. The second-order valence-corrected chi connectivity index (χ2v) is 7.21. The maximum atomic E-state index is 6.23. The van der Waals surface area contributed by atoms with Crippen molar-refractivity contribution in [2.45, 2.75) is 57.3 Å². The van der Waals surface area contributed by atoms with Crippen molar-refractivity contribution in [3.8, 4) is 11.5 Å². The number of alkyl halides is 1. The molecule has 1 aromatic carbocycles. The number of benzene rings is 1. The van der Waals surface area contributed by atoms with Gasteiger partial charge < -0.3 is 14.2 Å². The number of hydrogen-bond acceptors (Lipinski definition) is 3. The Morgan fingerprint density at radius 1 is 1.29 bits per heavy atom. The van der Waals surface area contributed by atoms with E-state index in [1.54, 1.807) is 19.2 Å². The molecule has 0 bridgehead atoms. The van der Waals surface area contributed by atoms with Gasteiger partial charge in [0.25, 0.3) is 0 Å². The number of rotatable bonds is 4. The highest BCUT2D eigenvalue weighted by atomic mass is 35.5. The van der Waals surface area contributed by atoms with Crippen LogP contribution in [0.3, 0.4) is 0 Å². The highest BCUT2D eigenvalue weighted by Gasteiger charge is 2.47. The molecule has 21 heavy (non-hydrogen) atoms. The van der Waals surface area contributed by atoms with Gasteiger partial charge in [-0.2, -0.15) is 0 Å². The van der Waals surface area contributed by atoms with E-state index in [9.17, 15) is 0 Å². The fourth-order valence-corrected chi connectivity index (χ4v) is 3.27. The first-order chi connectivity index (χ1) is 9.68. The molecule has 0 N–H and O–H groups in total. The molecular weight excluding hydrogens is 311 g/mol. The molecule has 1 aliphatic heterocycles. The average molecular weight is 333 g/mol. The van der Waals surface area contributed by atoms with E-state index in [0.29, 0.717) is 22.4 Å². The van der Waals surface area contributed by atoms with Gasteiger partial charge in [0.05, 0.1) is 18.6 Å². The van der Waals surface area contributed by atoms with Crippen LogP contribution in [0.1, 0.15) is 39.7 Å². The fourth-order valence-electron chi connectivity index (χ4n) is 2.84. The van der Waals surface area contributed by atoms with Crippen molar-refractivity contribution in [2.24, 2.45) is 0 Å². The first-order valence-corrected chi connectivity index (χ1v) is 7.89. The molecule has 118 valence electrons. The van der Waals surface area contributed by atoms with Gasteiger partial charge in [-0.3, -0.25) is 0 Å². The van der Waals surface area contributed by atoms with Crippen LogP contribution < -0.4 is 9.47 Å². The average Bonchev–Trinajstić information content (AvgIpc) is 2.58. The van der Waals surface area contributed by atoms with Crippen LogP contribution in [0.4, 0.5) is 0 Å². The van der Waals surface area contributed by atoms with Crippen LogP contribution in [0.15, 0.2) is 12.1 Å². The van der Waals surface area contributed by atoms with Crippen LogP contribution in [0, 0.1) is 0 Å². The van der Waals surface area contributed by atoms with E-state index in [4.69, 9.17) is 37.4 Å². The van der Waals surface area contributed by atoms with Crippen molar-refractivity contribution < 1.29 is 14.2 Å². The summed E-state index contributed by atoms with van der Waals surface area (Å²) >= 11 is 12.1. The van der Waals surface area contributed by atoms with Gasteiger partial charge in [-0.25, -0.2) is 0 Å². The molecule has 2 rings (SSSR count). The Kier molecular flexibility index (Phi) is 4.67. The first-order valence-electron chi connectivity index (χ1n) is 6.98. The van der Waals surface area contributed by atoms with Crippen molar-refractivity contribution in [1.29, 1.82) is 0 Å². The highest BCUT2D eigenvalue weighted by Crippen LogP contribution is 2.43. The molecule has 1 aliphatic rings. The topological polar surface area (TPSA) is 27.7 Å². The smallest absolute Gasteiger partial charge is 0.166 e. The summed E-state index contributed by atoms with van der Waals surface area (Å²) in [5, 5.41) is 0.581. The van der Waals surface area contributed by atoms with Gasteiger partial charge in [0.15, 0.2) is 11.5 Å². The number of halogens is 2. The Morgan fingerprint density at radius 3 is 2.43 bits per heavy atom. The van der Waals surface area contributed by atoms with E-state index in [-0.39, 0.29) is 17.3 Å². The van der Waals surface area contributed by atoms with Crippen LogP contribution in [-0.2, 0) is 10.6 Å². The molecule has 0 saturated carbocycles. The monoisotopic (exact) mass is 332 g/mol. The van der Waals surface area contributed by atoms with Gasteiger partial charge in [-0.15, -0.1) is 11.6 Å². The Labute approximate surface area is 136 Å². The second-order valence-electron chi connectivity index (χ2n) is 6.51. The zero-order chi connectivity index (χ0) is 15.8. The van der Waals surface area contributed by atoms with Crippen LogP contribution in [0.25, 0.3) is 0 Å². The largest absolute Gasteiger partial charge is 0.493 e. The van der Waals surface area contributed by atoms with Crippen molar-refractivity contribution in [3.05, 3.63) is 22.7 Å². The summed E-state index contributed by atoms with van der Waals surface area (Å²) in [6.07, 6.45) is 0.720. The molecule has 0 aromatic heterocycles. The zero-order valence-corrected chi connectivity index (χ0v) is 14.6. The Hall–Kier alpha value is -0.640. The molecule has 1 atom stereocenters. The minimum absolute atomic E-state index is 0.0791. The quantitative estimate of drug-likeness (QED) is 0.740. The van der Waals surface area contributed by atoms with E-state index in [1.165, 1.54) is 0 Å². The van der Waals surface area contributed by atoms with Crippen LogP contribution in [0.5, 0.6) is 11.5 Å². The molecule has 1 aromatic rings. The van der Waals surface area contributed by atoms with Gasteiger partial charge in [-0.05, 0) is 33.8 Å². The lowest BCUT2D eigenvalue weighted by Crippen LogP contribution is -2.37. The molecule has 0 spiro atoms. The van der Waals surface area contributed by atoms with E-state index in [1.807, 2.05) is 13.8 Å². The molecule has 5 heteroatoms. The Bertz CT molecular complexity index is 501. The van der Waals surface area contributed by atoms with E-state index >= 15 is 0 Å². The third-order valence-corrected chi connectivity index (χ3v) is 4.22. The lowest BCUT2D eigenvalue weighted by atomic mass is 9.97. The lowest BCUT2D eigenvalue weighted by molar-refractivity contribution is -0.0848. The van der Waals surface area contributed by atoms with Crippen LogP contribution >= 0.6 is 23.2 Å². The lowest BCUT2D eigenvalue weighted by Gasteiger charge is -2.28. The SMILES string of the molecule is COc1cc(Cl)cc(CCl)c1OC1CC(C)(C)OC1(C)C. The molecule has 1 heterocycles. The maximum Gasteiger partial charge on any atom is 0.166 e. The number of ether oxygens (including phenoxy) is 3. The standard InChI is InChI=1S/C16H22Cl2O3/c1-15(2)8-13(16(3,4)21-15)20-14-10(9-17)6-11(18)7-12(14)19-5/h6-7,13H,8-9H2,1-5H3. The van der Waals surface area contributed by atoms with Crippen molar-refractivity contribution in [1.82, 2.24) is 0 Å². The van der Waals surface area contributed by atoms with Crippen molar-refractivity contribution >= 4 is 23.2 Å². The normalized spacial score (nSPS) is 23.1. The third kappa shape index (κ3) is 3.58. The molecule has 1 fully saturated rings. The van der Waals surface area contributed by atoms with E-state index in [0.717, 1.165) is 12.0 Å². The molecule has 1 unspecified atom stereocenters. The molecule has 0 aliphatic carbocycles. The number of methoxy groups -OCH3 is 1. The van der Waals surface area contributed by atoms with E-state index < -0.39 is 0 Å². The summed E-state index contributed by atoms with van der Waals surface area (Å²) < 4.78 is 17.7. The minimum Gasteiger partial charge on any atom is -0.493 e. The fraction of sp³-hybridized carbons (Fsp3) is 0.625. The van der Waals surface area contributed by atoms with Crippen LogP contribution in [0.2, 0.25) is 5.02 Å². The minimum atomic E-state index is -0.377. The Morgan fingerprint density at radius 2 is 1.95 bits per heavy atom. The predicted octanol–water partition coefficient (Wildman–Crippen LogP) is 4.81. The van der Waals surface area contributed by atoms with Crippen LogP contribution in [-0.4, -0.2) is 24.4 Å². The van der Waals surface area contributed by atoms with Gasteiger partial charge >= 0.3 is 0 Å². The molecule has 1 saturated heterocycles. The molecule has 0 amide bonds. The molecular formula is C16H22Cl2O3. The van der Waals surface area contributed by atoms with Crippen molar-refractivity contribution in [2.75, 3.05) is 7.11 Å². The predicted molar refractivity (Wildman–Crippen MR) is 85.8 cm³/mol. The Balaban J connectivity index is 2.35. The van der Waals surface area contributed by atoms with Gasteiger partial charge in [0, 0.05) is 23.1 Å². The molecule has 0 radical (unpaired) electrons. The second kappa shape index (κ2) is 5.86. The summed E-state index contributed by atoms with van der Waals surface area (Å²) in [6.45, 7) is 8.21. The summed E-state index contributed by atoms with van der Waals surface area (Å²) in [5.41, 5.74) is 0.230. The van der Waals surface area contributed by atoms with Gasteiger partial charge in [0.2, 0.25) is 0 Å². The van der Waals surface area contributed by atoms with Gasteiger partial charge in [-0.1, -0.05) is 11.6 Å². The zero-order valence-electron chi connectivity index (χ0n) is 13.1. The number of hydrogen-bond donors (Lipinski definition) is 0. The third-order valence-electron chi connectivity index (χ3n) is 3.71. The molecule has 3 nitrogen and oxygen atoms in total. The summed E-state index contributed by atoms with van der Waals surface area (Å²) in [6, 6.07) is 3.54. The summed E-state index contributed by atoms with van der Waals surface area (Å²) in [5.74, 6) is 1.55.